The summed E-state index contributed by atoms with van der Waals surface area (Å²) in [6.45, 7) is 3.89. The van der Waals surface area contributed by atoms with Gasteiger partial charge in [-0.05, 0) is 49.2 Å². The molecular weight excluding hydrogens is 344 g/mol. The number of rotatable bonds is 5. The fourth-order valence-electron chi connectivity index (χ4n) is 2.39. The minimum Gasteiger partial charge on any atom is -0.495 e. The van der Waals surface area contributed by atoms with E-state index in [0.29, 0.717) is 11.4 Å². The average Bonchev–Trinajstić information content (AvgIpc) is 2.97. The molecule has 24 heavy (non-hydrogen) atoms. The highest BCUT2D eigenvalue weighted by Gasteiger charge is 2.20. The van der Waals surface area contributed by atoms with E-state index < -0.39 is 10.0 Å². The molecule has 0 atom stereocenters. The number of hydrogen-bond donors (Lipinski definition) is 1. The fraction of sp³-hybridized carbons (Fsp3) is 0.235. The van der Waals surface area contributed by atoms with Crippen LogP contribution >= 0.6 is 11.3 Å². The predicted molar refractivity (Wildman–Crippen MR) is 97.5 cm³/mol. The first-order valence-corrected chi connectivity index (χ1v) is 9.80. The number of aryl methyl sites for hydroxylation is 2. The Morgan fingerprint density at radius 1 is 1.21 bits per heavy atom. The van der Waals surface area contributed by atoms with Gasteiger partial charge in [0.15, 0.2) is 0 Å². The molecule has 0 radical (unpaired) electrons. The Bertz CT molecular complexity index is 994. The third-order valence-corrected chi connectivity index (χ3v) is 6.16. The number of nitrogens with zero attached hydrogens (tertiary/aromatic N) is 1. The summed E-state index contributed by atoms with van der Waals surface area (Å²) in [4.78, 5) is 4.62. The zero-order valence-corrected chi connectivity index (χ0v) is 15.3. The molecule has 1 aromatic heterocycles. The smallest absolute Gasteiger partial charge is 0.265 e. The van der Waals surface area contributed by atoms with Crippen LogP contribution in [0.4, 0.5) is 5.69 Å². The van der Waals surface area contributed by atoms with Crippen LogP contribution in [0, 0.1) is 6.92 Å². The lowest BCUT2D eigenvalue weighted by Gasteiger charge is -2.12. The lowest BCUT2D eigenvalue weighted by Crippen LogP contribution is -2.14. The van der Waals surface area contributed by atoms with Gasteiger partial charge in [-0.3, -0.25) is 4.72 Å². The van der Waals surface area contributed by atoms with Gasteiger partial charge in [0.25, 0.3) is 10.0 Å². The summed E-state index contributed by atoms with van der Waals surface area (Å²) >= 11 is 1.57. The number of anilines is 1. The van der Waals surface area contributed by atoms with E-state index in [2.05, 4.69) is 9.71 Å². The monoisotopic (exact) mass is 362 g/mol. The zero-order valence-electron chi connectivity index (χ0n) is 13.7. The summed E-state index contributed by atoms with van der Waals surface area (Å²) in [7, 11) is -2.28. The molecule has 0 unspecified atom stereocenters. The molecule has 0 aliphatic carbocycles. The third kappa shape index (κ3) is 3.22. The van der Waals surface area contributed by atoms with E-state index >= 15 is 0 Å². The second kappa shape index (κ2) is 6.41. The molecule has 3 rings (SSSR count). The molecule has 1 heterocycles. The Balaban J connectivity index is 1.99. The number of methoxy groups -OCH3 is 1. The first-order chi connectivity index (χ1) is 11.4. The number of sulfonamides is 1. The molecular formula is C17H18N2O3S2. The van der Waals surface area contributed by atoms with Crippen LogP contribution in [0.1, 0.15) is 17.5 Å². The van der Waals surface area contributed by atoms with Gasteiger partial charge in [0, 0.05) is 0 Å². The summed E-state index contributed by atoms with van der Waals surface area (Å²) in [5.41, 5.74) is 2.24. The van der Waals surface area contributed by atoms with Crippen molar-refractivity contribution in [2.24, 2.45) is 0 Å². The van der Waals surface area contributed by atoms with Gasteiger partial charge >= 0.3 is 0 Å². The van der Waals surface area contributed by atoms with Crippen LogP contribution < -0.4 is 9.46 Å². The third-order valence-electron chi connectivity index (χ3n) is 3.60. The maximum atomic E-state index is 12.7. The first-order valence-electron chi connectivity index (χ1n) is 7.50. The Morgan fingerprint density at radius 3 is 2.71 bits per heavy atom. The van der Waals surface area contributed by atoms with Gasteiger partial charge in [0.1, 0.15) is 10.6 Å². The predicted octanol–water partition coefficient (Wildman–Crippen LogP) is 3.98. The molecule has 0 spiro atoms. The Morgan fingerprint density at radius 2 is 2.00 bits per heavy atom. The fourth-order valence-corrected chi connectivity index (χ4v) is 4.64. The number of nitrogens with one attached hydrogen (secondary N) is 1. The van der Waals surface area contributed by atoms with Gasteiger partial charge in [-0.25, -0.2) is 13.4 Å². The molecule has 7 heteroatoms. The number of aromatic nitrogens is 1. The molecule has 1 N–H and O–H groups in total. The van der Waals surface area contributed by atoms with Crippen molar-refractivity contribution >= 4 is 37.3 Å². The largest absolute Gasteiger partial charge is 0.495 e. The Labute approximate surface area is 145 Å². The maximum absolute atomic E-state index is 12.7. The average molecular weight is 362 g/mol. The molecule has 5 nitrogen and oxygen atoms in total. The van der Waals surface area contributed by atoms with E-state index in [1.807, 2.05) is 32.0 Å². The molecule has 0 fully saturated rings. The first kappa shape index (κ1) is 16.7. The highest BCUT2D eigenvalue weighted by atomic mass is 32.2. The van der Waals surface area contributed by atoms with Crippen LogP contribution in [0.25, 0.3) is 10.2 Å². The lowest BCUT2D eigenvalue weighted by atomic mass is 10.2. The minimum absolute atomic E-state index is 0.128. The Kier molecular flexibility index (Phi) is 4.47. The van der Waals surface area contributed by atoms with Crippen molar-refractivity contribution in [2.75, 3.05) is 11.8 Å². The van der Waals surface area contributed by atoms with E-state index in [1.54, 1.807) is 29.5 Å². The number of ether oxygens (including phenoxy) is 1. The van der Waals surface area contributed by atoms with Crippen molar-refractivity contribution < 1.29 is 13.2 Å². The van der Waals surface area contributed by atoms with Crippen LogP contribution in [0.15, 0.2) is 41.3 Å². The van der Waals surface area contributed by atoms with Gasteiger partial charge in [-0.15, -0.1) is 11.3 Å². The van der Waals surface area contributed by atoms with E-state index in [-0.39, 0.29) is 4.90 Å². The zero-order chi connectivity index (χ0) is 17.3. The van der Waals surface area contributed by atoms with Crippen molar-refractivity contribution in [1.82, 2.24) is 4.98 Å². The van der Waals surface area contributed by atoms with Crippen LogP contribution in [0.2, 0.25) is 0 Å². The molecule has 0 amide bonds. The van der Waals surface area contributed by atoms with Crippen LogP contribution in [-0.2, 0) is 16.4 Å². The topological polar surface area (TPSA) is 68.3 Å². The summed E-state index contributed by atoms with van der Waals surface area (Å²) in [6, 6.07) is 10.4. The molecule has 0 aliphatic rings. The second-order valence-corrected chi connectivity index (χ2v) is 8.17. The Hall–Kier alpha value is -2.12. The number of fused-ring (bicyclic) bond motifs is 1. The van der Waals surface area contributed by atoms with E-state index in [0.717, 1.165) is 27.2 Å². The van der Waals surface area contributed by atoms with Crippen molar-refractivity contribution in [3.63, 3.8) is 0 Å². The van der Waals surface area contributed by atoms with Crippen LogP contribution in [0.3, 0.4) is 0 Å². The van der Waals surface area contributed by atoms with Crippen LogP contribution in [0.5, 0.6) is 5.75 Å². The molecule has 0 aliphatic heterocycles. The maximum Gasteiger partial charge on any atom is 0.265 e. The van der Waals surface area contributed by atoms with Crippen molar-refractivity contribution in [1.29, 1.82) is 0 Å². The second-order valence-electron chi connectivity index (χ2n) is 5.40. The molecule has 0 saturated carbocycles. The standard InChI is InChI=1S/C17H18N2O3S2/c1-4-17-18-13-7-6-12(10-15(13)23-17)19-24(20,21)16-9-11(2)5-8-14(16)22-3/h5-10,19H,4H2,1-3H3. The highest BCUT2D eigenvalue weighted by molar-refractivity contribution is 7.92. The summed E-state index contributed by atoms with van der Waals surface area (Å²) in [5.74, 6) is 0.320. The molecule has 3 aromatic rings. The highest BCUT2D eigenvalue weighted by Crippen LogP contribution is 2.29. The molecule has 2 aromatic carbocycles. The SMILES string of the molecule is CCc1nc2ccc(NS(=O)(=O)c3cc(C)ccc3OC)cc2s1. The van der Waals surface area contributed by atoms with Gasteiger partial charge < -0.3 is 4.74 Å². The molecule has 126 valence electrons. The summed E-state index contributed by atoms with van der Waals surface area (Å²) in [6.07, 6.45) is 0.862. The van der Waals surface area contributed by atoms with Crippen molar-refractivity contribution in [3.8, 4) is 5.75 Å². The van der Waals surface area contributed by atoms with Crippen LogP contribution in [-0.4, -0.2) is 20.5 Å². The number of hydrogen-bond acceptors (Lipinski definition) is 5. The van der Waals surface area contributed by atoms with Gasteiger partial charge in [-0.2, -0.15) is 0 Å². The molecule has 0 bridgehead atoms. The van der Waals surface area contributed by atoms with E-state index in [1.165, 1.54) is 7.11 Å². The van der Waals surface area contributed by atoms with Crippen molar-refractivity contribution in [3.05, 3.63) is 47.0 Å². The number of thiazole rings is 1. The van der Waals surface area contributed by atoms with Crippen molar-refractivity contribution in [2.45, 2.75) is 25.2 Å². The quantitative estimate of drug-likeness (QED) is 0.745. The van der Waals surface area contributed by atoms with Gasteiger partial charge in [0.05, 0.1) is 28.0 Å². The molecule has 0 saturated heterocycles. The number of benzene rings is 2. The van der Waals surface area contributed by atoms with E-state index in [4.69, 9.17) is 4.74 Å². The summed E-state index contributed by atoms with van der Waals surface area (Å²) < 4.78 is 34.2. The normalized spacial score (nSPS) is 11.6. The summed E-state index contributed by atoms with van der Waals surface area (Å²) in [5, 5.41) is 1.03. The lowest BCUT2D eigenvalue weighted by molar-refractivity contribution is 0.402. The van der Waals surface area contributed by atoms with E-state index in [9.17, 15) is 8.42 Å². The van der Waals surface area contributed by atoms with Gasteiger partial charge in [0.2, 0.25) is 0 Å². The minimum atomic E-state index is -3.74. The van der Waals surface area contributed by atoms with Gasteiger partial charge in [-0.1, -0.05) is 13.0 Å².